The van der Waals surface area contributed by atoms with Gasteiger partial charge in [0.25, 0.3) is 5.78 Å². The van der Waals surface area contributed by atoms with Crippen LogP contribution in [0.3, 0.4) is 0 Å². The number of hydrogen-bond donors (Lipinski definition) is 1. The van der Waals surface area contributed by atoms with E-state index in [0.717, 1.165) is 28.6 Å². The van der Waals surface area contributed by atoms with Gasteiger partial charge in [-0.3, -0.25) is 0 Å². The molecule has 4 aromatic rings. The van der Waals surface area contributed by atoms with Gasteiger partial charge in [0.15, 0.2) is 0 Å². The molecule has 8 nitrogen and oxygen atoms in total. The SMILES string of the molecule is COCc1cc(Nc2cnn(-c3cccc(Cl)c3)c2C)n2ncnc2n1. The van der Waals surface area contributed by atoms with Crippen molar-refractivity contribution in [3.63, 3.8) is 0 Å². The Bertz CT molecular complexity index is 1070. The van der Waals surface area contributed by atoms with Crippen LogP contribution in [0.5, 0.6) is 0 Å². The van der Waals surface area contributed by atoms with Crippen LogP contribution in [-0.4, -0.2) is 36.5 Å². The topological polar surface area (TPSA) is 82.2 Å². The number of fused-ring (bicyclic) bond motifs is 1. The summed E-state index contributed by atoms with van der Waals surface area (Å²) in [6.07, 6.45) is 3.22. The average Bonchev–Trinajstić information content (AvgIpc) is 3.23. The molecule has 0 saturated carbocycles. The second-order valence-electron chi connectivity index (χ2n) is 5.70. The molecule has 0 unspecified atom stereocenters. The van der Waals surface area contributed by atoms with Crippen LogP contribution in [0.25, 0.3) is 11.5 Å². The zero-order chi connectivity index (χ0) is 18.1. The summed E-state index contributed by atoms with van der Waals surface area (Å²) in [6, 6.07) is 9.42. The first-order valence-corrected chi connectivity index (χ1v) is 8.29. The number of nitrogens with zero attached hydrogens (tertiary/aromatic N) is 6. The van der Waals surface area contributed by atoms with Gasteiger partial charge in [-0.25, -0.2) is 9.67 Å². The van der Waals surface area contributed by atoms with E-state index in [1.54, 1.807) is 17.8 Å². The third-order valence-corrected chi connectivity index (χ3v) is 4.16. The lowest BCUT2D eigenvalue weighted by molar-refractivity contribution is 0.181. The third kappa shape index (κ3) is 3.00. The van der Waals surface area contributed by atoms with Gasteiger partial charge in [-0.1, -0.05) is 17.7 Å². The molecule has 3 aromatic heterocycles. The summed E-state index contributed by atoms with van der Waals surface area (Å²) in [6.45, 7) is 2.37. The number of anilines is 2. The van der Waals surface area contributed by atoms with Crippen LogP contribution >= 0.6 is 11.6 Å². The largest absolute Gasteiger partial charge is 0.378 e. The van der Waals surface area contributed by atoms with Gasteiger partial charge in [-0.15, -0.1) is 0 Å². The van der Waals surface area contributed by atoms with Crippen molar-refractivity contribution >= 4 is 28.9 Å². The van der Waals surface area contributed by atoms with Crippen LogP contribution < -0.4 is 5.32 Å². The molecule has 1 aromatic carbocycles. The minimum absolute atomic E-state index is 0.388. The van der Waals surface area contributed by atoms with E-state index in [1.165, 1.54) is 6.33 Å². The minimum atomic E-state index is 0.388. The van der Waals surface area contributed by atoms with Crippen molar-refractivity contribution in [2.45, 2.75) is 13.5 Å². The summed E-state index contributed by atoms with van der Waals surface area (Å²) >= 11 is 6.09. The summed E-state index contributed by atoms with van der Waals surface area (Å²) in [4.78, 5) is 8.56. The Morgan fingerprint density at radius 1 is 1.23 bits per heavy atom. The normalized spacial score (nSPS) is 11.2. The Hall–Kier alpha value is -2.97. The summed E-state index contributed by atoms with van der Waals surface area (Å²) < 4.78 is 8.64. The lowest BCUT2D eigenvalue weighted by Gasteiger charge is -2.10. The van der Waals surface area contributed by atoms with Crippen LogP contribution in [0.15, 0.2) is 42.9 Å². The zero-order valence-electron chi connectivity index (χ0n) is 14.2. The van der Waals surface area contributed by atoms with E-state index in [1.807, 2.05) is 41.9 Å². The Kier molecular flexibility index (Phi) is 4.27. The number of hydrogen-bond acceptors (Lipinski definition) is 6. The minimum Gasteiger partial charge on any atom is -0.378 e. The molecule has 0 spiro atoms. The number of halogens is 1. The fourth-order valence-corrected chi connectivity index (χ4v) is 2.90. The van der Waals surface area contributed by atoms with Gasteiger partial charge in [-0.05, 0) is 25.1 Å². The van der Waals surface area contributed by atoms with Crippen molar-refractivity contribution < 1.29 is 4.74 Å². The molecule has 0 saturated heterocycles. The molecule has 0 amide bonds. The van der Waals surface area contributed by atoms with Crippen molar-refractivity contribution in [1.82, 2.24) is 29.4 Å². The van der Waals surface area contributed by atoms with E-state index < -0.39 is 0 Å². The molecule has 0 atom stereocenters. The molecule has 0 fully saturated rings. The monoisotopic (exact) mass is 369 g/mol. The Balaban J connectivity index is 1.72. The Morgan fingerprint density at radius 3 is 2.92 bits per heavy atom. The van der Waals surface area contributed by atoms with Gasteiger partial charge < -0.3 is 10.1 Å². The third-order valence-electron chi connectivity index (χ3n) is 3.92. The van der Waals surface area contributed by atoms with Crippen molar-refractivity contribution in [3.05, 3.63) is 59.3 Å². The highest BCUT2D eigenvalue weighted by molar-refractivity contribution is 6.30. The predicted molar refractivity (Wildman–Crippen MR) is 98.1 cm³/mol. The second kappa shape index (κ2) is 6.74. The molecule has 3 heterocycles. The van der Waals surface area contributed by atoms with E-state index in [0.29, 0.717) is 17.4 Å². The first kappa shape index (κ1) is 16.5. The lowest BCUT2D eigenvalue weighted by atomic mass is 10.3. The predicted octanol–water partition coefficient (Wildman–Crippen LogP) is 3.16. The molecular weight excluding hydrogens is 354 g/mol. The summed E-state index contributed by atoms with van der Waals surface area (Å²) in [5.41, 5.74) is 3.43. The molecule has 0 aliphatic rings. The van der Waals surface area contributed by atoms with Crippen LogP contribution in [-0.2, 0) is 11.3 Å². The molecule has 4 rings (SSSR count). The standard InChI is InChI=1S/C17H16ClN7O/c1-11-15(8-20-24(11)14-5-3-4-12(18)6-14)23-16-7-13(9-26-2)22-17-19-10-21-25(16)17/h3-8,10,23H,9H2,1-2H3. The fraction of sp³-hybridized carbons (Fsp3) is 0.176. The smallest absolute Gasteiger partial charge is 0.254 e. The van der Waals surface area contributed by atoms with Gasteiger partial charge >= 0.3 is 0 Å². The molecule has 26 heavy (non-hydrogen) atoms. The molecule has 132 valence electrons. The highest BCUT2D eigenvalue weighted by Gasteiger charge is 2.12. The van der Waals surface area contributed by atoms with Gasteiger partial charge in [0.2, 0.25) is 0 Å². The highest BCUT2D eigenvalue weighted by Crippen LogP contribution is 2.24. The van der Waals surface area contributed by atoms with Crippen molar-refractivity contribution in [3.8, 4) is 5.69 Å². The zero-order valence-corrected chi connectivity index (χ0v) is 15.0. The highest BCUT2D eigenvalue weighted by atomic mass is 35.5. The van der Waals surface area contributed by atoms with Crippen LogP contribution in [0, 0.1) is 6.92 Å². The molecule has 1 N–H and O–H groups in total. The molecule has 0 aliphatic carbocycles. The van der Waals surface area contributed by atoms with E-state index in [2.05, 4.69) is 25.5 Å². The van der Waals surface area contributed by atoms with Crippen molar-refractivity contribution in [1.29, 1.82) is 0 Å². The maximum Gasteiger partial charge on any atom is 0.254 e. The first-order chi connectivity index (χ1) is 12.7. The van der Waals surface area contributed by atoms with E-state index in [4.69, 9.17) is 16.3 Å². The average molecular weight is 370 g/mol. The van der Waals surface area contributed by atoms with Crippen LogP contribution in [0.4, 0.5) is 11.5 Å². The Labute approximate surface area is 154 Å². The number of benzene rings is 1. The second-order valence-corrected chi connectivity index (χ2v) is 6.13. The molecule has 0 radical (unpaired) electrons. The van der Waals surface area contributed by atoms with E-state index in [9.17, 15) is 0 Å². The summed E-state index contributed by atoms with van der Waals surface area (Å²) in [5, 5.41) is 12.7. The maximum atomic E-state index is 6.09. The number of aromatic nitrogens is 6. The van der Waals surface area contributed by atoms with Crippen molar-refractivity contribution in [2.24, 2.45) is 0 Å². The first-order valence-electron chi connectivity index (χ1n) is 7.92. The molecular formula is C17H16ClN7O. The maximum absolute atomic E-state index is 6.09. The van der Waals surface area contributed by atoms with Crippen LogP contribution in [0.2, 0.25) is 5.02 Å². The summed E-state index contributed by atoms with van der Waals surface area (Å²) in [7, 11) is 1.63. The lowest BCUT2D eigenvalue weighted by Crippen LogP contribution is -2.05. The van der Waals surface area contributed by atoms with Gasteiger partial charge in [-0.2, -0.15) is 19.7 Å². The molecule has 9 heteroatoms. The van der Waals surface area contributed by atoms with E-state index in [-0.39, 0.29) is 0 Å². The van der Waals surface area contributed by atoms with Gasteiger partial charge in [0, 0.05) is 18.2 Å². The molecule has 0 bridgehead atoms. The summed E-state index contributed by atoms with van der Waals surface area (Å²) in [5.74, 6) is 1.23. The number of rotatable bonds is 5. The molecule has 0 aliphatic heterocycles. The number of methoxy groups -OCH3 is 1. The Morgan fingerprint density at radius 2 is 2.12 bits per heavy atom. The number of ether oxygens (including phenoxy) is 1. The fourth-order valence-electron chi connectivity index (χ4n) is 2.71. The van der Waals surface area contributed by atoms with Crippen LogP contribution in [0.1, 0.15) is 11.4 Å². The van der Waals surface area contributed by atoms with Gasteiger partial charge in [0.05, 0.1) is 35.6 Å². The van der Waals surface area contributed by atoms with E-state index >= 15 is 0 Å². The quantitative estimate of drug-likeness (QED) is 0.582. The van der Waals surface area contributed by atoms with Gasteiger partial charge in [0.1, 0.15) is 12.1 Å². The number of nitrogens with one attached hydrogen (secondary N) is 1. The van der Waals surface area contributed by atoms with Crippen molar-refractivity contribution in [2.75, 3.05) is 12.4 Å².